The lowest BCUT2D eigenvalue weighted by Crippen LogP contribution is -2.62. The second kappa shape index (κ2) is 6.93. The molecule has 2 amide bonds. The molecule has 1 aromatic carbocycles. The summed E-state index contributed by atoms with van der Waals surface area (Å²) in [4.78, 5) is 24.3. The minimum Gasteiger partial charge on any atom is -0.345 e. The van der Waals surface area contributed by atoms with Gasteiger partial charge in [-0.05, 0) is 64.7 Å². The van der Waals surface area contributed by atoms with Crippen LogP contribution in [0.2, 0.25) is 0 Å². The molecule has 3 N–H and O–H groups in total. The minimum atomic E-state index is -0.617. The van der Waals surface area contributed by atoms with Crippen LogP contribution in [0.15, 0.2) is 24.3 Å². The Morgan fingerprint density at radius 2 is 1.58 bits per heavy atom. The minimum absolute atomic E-state index is 0.0167. The molecule has 0 unspecified atom stereocenters. The van der Waals surface area contributed by atoms with E-state index in [9.17, 15) is 9.59 Å². The van der Waals surface area contributed by atoms with Gasteiger partial charge in [-0.25, -0.2) is 0 Å². The molecule has 132 valence electrons. The first-order valence-corrected chi connectivity index (χ1v) is 8.60. The summed E-state index contributed by atoms with van der Waals surface area (Å²) >= 11 is 0. The van der Waals surface area contributed by atoms with Gasteiger partial charge >= 0.3 is 11.8 Å². The molecular weight excluding hydrogens is 302 g/mol. The van der Waals surface area contributed by atoms with E-state index in [1.54, 1.807) is 0 Å². The molecule has 1 fully saturated rings. The lowest BCUT2D eigenvalue weighted by molar-refractivity contribution is -0.137. The van der Waals surface area contributed by atoms with Crippen LogP contribution in [0.25, 0.3) is 0 Å². The maximum atomic E-state index is 12.2. The summed E-state index contributed by atoms with van der Waals surface area (Å²) in [6.07, 6.45) is 2.53. The van der Waals surface area contributed by atoms with Crippen molar-refractivity contribution in [3.8, 4) is 0 Å². The predicted molar refractivity (Wildman–Crippen MR) is 96.9 cm³/mol. The Kier molecular flexibility index (Phi) is 5.33. The number of carbonyl (C=O) groups is 2. The number of aryl methyl sites for hydroxylation is 1. The zero-order valence-electron chi connectivity index (χ0n) is 15.3. The molecule has 1 aromatic rings. The Labute approximate surface area is 144 Å². The quantitative estimate of drug-likeness (QED) is 0.746. The van der Waals surface area contributed by atoms with Gasteiger partial charge in [-0.3, -0.25) is 9.59 Å². The second-order valence-electron chi connectivity index (χ2n) is 7.98. The summed E-state index contributed by atoms with van der Waals surface area (Å²) in [7, 11) is 0. The van der Waals surface area contributed by atoms with Crippen LogP contribution in [-0.4, -0.2) is 28.9 Å². The smallest absolute Gasteiger partial charge is 0.313 e. The number of anilines is 1. The molecule has 1 saturated heterocycles. The molecule has 1 heterocycles. The van der Waals surface area contributed by atoms with Crippen LogP contribution in [0.1, 0.15) is 53.0 Å². The molecule has 0 bridgehead atoms. The van der Waals surface area contributed by atoms with Gasteiger partial charge in [-0.2, -0.15) is 0 Å². The van der Waals surface area contributed by atoms with Crippen molar-refractivity contribution < 1.29 is 9.59 Å². The lowest BCUT2D eigenvalue weighted by Gasteiger charge is -2.46. The van der Waals surface area contributed by atoms with Gasteiger partial charge in [0.05, 0.1) is 0 Å². The number of nitrogens with one attached hydrogen (secondary N) is 3. The van der Waals surface area contributed by atoms with Gasteiger partial charge in [-0.1, -0.05) is 19.1 Å². The van der Waals surface area contributed by atoms with Crippen molar-refractivity contribution in [3.63, 3.8) is 0 Å². The first-order chi connectivity index (χ1) is 11.1. The summed E-state index contributed by atoms with van der Waals surface area (Å²) in [5, 5.41) is 9.10. The first kappa shape index (κ1) is 18.5. The van der Waals surface area contributed by atoms with Crippen LogP contribution >= 0.6 is 0 Å². The fourth-order valence-corrected chi connectivity index (χ4v) is 3.69. The maximum Gasteiger partial charge on any atom is 0.313 e. The zero-order chi connectivity index (χ0) is 18.0. The molecule has 0 radical (unpaired) electrons. The number of amides is 2. The normalized spacial score (nSPS) is 19.5. The number of benzene rings is 1. The molecular formula is C19H29N3O2. The van der Waals surface area contributed by atoms with Gasteiger partial charge in [0.25, 0.3) is 0 Å². The molecule has 24 heavy (non-hydrogen) atoms. The zero-order valence-corrected chi connectivity index (χ0v) is 15.3. The summed E-state index contributed by atoms with van der Waals surface area (Å²) in [6.45, 7) is 10.5. The fraction of sp³-hybridized carbons (Fsp3) is 0.579. The van der Waals surface area contributed by atoms with E-state index >= 15 is 0 Å². The van der Waals surface area contributed by atoms with E-state index in [1.165, 1.54) is 5.56 Å². The van der Waals surface area contributed by atoms with E-state index in [-0.39, 0.29) is 17.1 Å². The Morgan fingerprint density at radius 3 is 2.08 bits per heavy atom. The van der Waals surface area contributed by atoms with Gasteiger partial charge in [0.2, 0.25) is 0 Å². The van der Waals surface area contributed by atoms with Gasteiger partial charge in [-0.15, -0.1) is 0 Å². The highest BCUT2D eigenvalue weighted by atomic mass is 16.2. The fourth-order valence-electron chi connectivity index (χ4n) is 3.69. The number of rotatable bonds is 3. The van der Waals surface area contributed by atoms with Gasteiger partial charge in [0.1, 0.15) is 0 Å². The monoisotopic (exact) mass is 331 g/mol. The van der Waals surface area contributed by atoms with E-state index in [0.717, 1.165) is 19.3 Å². The molecule has 2 rings (SSSR count). The molecule has 1 aliphatic rings. The van der Waals surface area contributed by atoms with Crippen molar-refractivity contribution in [2.24, 2.45) is 0 Å². The summed E-state index contributed by atoms with van der Waals surface area (Å²) in [5.41, 5.74) is 1.67. The Hall–Kier alpha value is -1.88. The predicted octanol–water partition coefficient (Wildman–Crippen LogP) is 2.61. The summed E-state index contributed by atoms with van der Waals surface area (Å²) in [6, 6.07) is 7.52. The Morgan fingerprint density at radius 1 is 1.04 bits per heavy atom. The van der Waals surface area contributed by atoms with Crippen molar-refractivity contribution in [1.82, 2.24) is 10.6 Å². The molecule has 0 saturated carbocycles. The Balaban J connectivity index is 1.94. The average molecular weight is 331 g/mol. The average Bonchev–Trinajstić information content (AvgIpc) is 2.44. The number of hydrogen-bond donors (Lipinski definition) is 3. The van der Waals surface area contributed by atoms with Crippen LogP contribution in [-0.2, 0) is 16.0 Å². The molecule has 5 nitrogen and oxygen atoms in total. The third-order valence-electron chi connectivity index (χ3n) is 4.35. The molecule has 1 aliphatic heterocycles. The third kappa shape index (κ3) is 5.06. The van der Waals surface area contributed by atoms with Gasteiger partial charge in [0.15, 0.2) is 0 Å². The van der Waals surface area contributed by atoms with Crippen LogP contribution < -0.4 is 16.0 Å². The highest BCUT2D eigenvalue weighted by Crippen LogP contribution is 2.28. The van der Waals surface area contributed by atoms with E-state index in [2.05, 4.69) is 50.6 Å². The van der Waals surface area contributed by atoms with Crippen molar-refractivity contribution >= 4 is 17.5 Å². The highest BCUT2D eigenvalue weighted by Gasteiger charge is 2.38. The molecule has 0 aromatic heterocycles. The van der Waals surface area contributed by atoms with E-state index < -0.39 is 11.8 Å². The van der Waals surface area contributed by atoms with Crippen molar-refractivity contribution in [1.29, 1.82) is 0 Å². The number of hydrogen-bond acceptors (Lipinski definition) is 3. The largest absolute Gasteiger partial charge is 0.345 e. The third-order valence-corrected chi connectivity index (χ3v) is 4.35. The lowest BCUT2D eigenvalue weighted by atomic mass is 9.79. The summed E-state index contributed by atoms with van der Waals surface area (Å²) in [5.74, 6) is -1.19. The number of piperidine rings is 1. The van der Waals surface area contributed by atoms with E-state index in [1.807, 2.05) is 24.3 Å². The Bertz CT molecular complexity index is 590. The molecule has 5 heteroatoms. The van der Waals surface area contributed by atoms with Gasteiger partial charge in [0, 0.05) is 22.8 Å². The number of carbonyl (C=O) groups excluding carboxylic acids is 2. The van der Waals surface area contributed by atoms with Crippen LogP contribution in [0.3, 0.4) is 0 Å². The van der Waals surface area contributed by atoms with Crippen molar-refractivity contribution in [2.75, 3.05) is 5.32 Å². The topological polar surface area (TPSA) is 70.2 Å². The van der Waals surface area contributed by atoms with Crippen molar-refractivity contribution in [3.05, 3.63) is 29.8 Å². The van der Waals surface area contributed by atoms with Crippen LogP contribution in [0, 0.1) is 0 Å². The van der Waals surface area contributed by atoms with E-state index in [0.29, 0.717) is 5.69 Å². The second-order valence-corrected chi connectivity index (χ2v) is 7.98. The van der Waals surface area contributed by atoms with Crippen LogP contribution in [0.5, 0.6) is 0 Å². The maximum absolute atomic E-state index is 12.2. The van der Waals surface area contributed by atoms with E-state index in [4.69, 9.17) is 0 Å². The molecule has 0 aliphatic carbocycles. The standard InChI is InChI=1S/C19H29N3O2/c1-6-13-7-9-14(10-8-13)20-16(23)17(24)21-15-11-18(2,3)22-19(4,5)12-15/h7-10,15,22H,6,11-12H2,1-5H3,(H,20,23)(H,21,24). The first-order valence-electron chi connectivity index (χ1n) is 8.60. The summed E-state index contributed by atoms with van der Waals surface area (Å²) < 4.78 is 0. The molecule has 0 spiro atoms. The van der Waals surface area contributed by atoms with Crippen molar-refractivity contribution in [2.45, 2.75) is 71.0 Å². The highest BCUT2D eigenvalue weighted by molar-refractivity contribution is 6.39. The van der Waals surface area contributed by atoms with Gasteiger partial charge < -0.3 is 16.0 Å². The SMILES string of the molecule is CCc1ccc(NC(=O)C(=O)NC2CC(C)(C)NC(C)(C)C2)cc1. The molecule has 0 atom stereocenters. The van der Waals surface area contributed by atoms with Crippen LogP contribution in [0.4, 0.5) is 5.69 Å².